The fourth-order valence-corrected chi connectivity index (χ4v) is 3.61. The molecule has 0 aliphatic heterocycles. The Morgan fingerprint density at radius 2 is 1.28 bits per heavy atom. The zero-order valence-electron chi connectivity index (χ0n) is 20.1. The van der Waals surface area contributed by atoms with E-state index in [1.165, 1.54) is 0 Å². The van der Waals surface area contributed by atoms with Gasteiger partial charge < -0.3 is 10.6 Å². The number of nitrogens with zero attached hydrogens (tertiary/aromatic N) is 2. The van der Waals surface area contributed by atoms with Crippen molar-refractivity contribution in [1.29, 1.82) is 0 Å². The molecule has 2 amide bonds. The fourth-order valence-electron chi connectivity index (χ4n) is 3.61. The number of rotatable bonds is 12. The van der Waals surface area contributed by atoms with E-state index >= 15 is 0 Å². The minimum absolute atomic E-state index is 0.0108. The van der Waals surface area contributed by atoms with Crippen LogP contribution in [-0.4, -0.2) is 61.4 Å². The number of anilines is 2. The summed E-state index contributed by atoms with van der Waals surface area (Å²) < 4.78 is 0. The van der Waals surface area contributed by atoms with Crippen molar-refractivity contribution in [3.8, 4) is 0 Å². The van der Waals surface area contributed by atoms with Crippen molar-refractivity contribution in [2.45, 2.75) is 46.1 Å². The number of hydrogen-bond acceptors (Lipinski definition) is 4. The summed E-state index contributed by atoms with van der Waals surface area (Å²) in [5.74, 6) is -0.0223. The molecule has 6 nitrogen and oxygen atoms in total. The van der Waals surface area contributed by atoms with Gasteiger partial charge in [-0.05, 0) is 70.1 Å². The standard InChI is InChI=1S/C26H38N4O2/c1-6-21-12-8-10-14-23(21)27-25(31)18-29(4)17-16-20(3)30(5)19-26(32)28-24-15-11-9-13-22(24)7-2/h8-15,20H,6-7,16-19H2,1-5H3,(H,27,31)(H,28,32)/t20-/m1/s1. The van der Waals surface area contributed by atoms with E-state index in [2.05, 4.69) is 36.3 Å². The molecule has 0 radical (unpaired) electrons. The number of aryl methyl sites for hydroxylation is 2. The van der Waals surface area contributed by atoms with Crippen molar-refractivity contribution in [1.82, 2.24) is 9.80 Å². The molecule has 0 saturated carbocycles. The van der Waals surface area contributed by atoms with Gasteiger partial charge in [-0.2, -0.15) is 0 Å². The maximum atomic E-state index is 12.5. The first kappa shape index (κ1) is 25.6. The predicted molar refractivity (Wildman–Crippen MR) is 133 cm³/mol. The molecule has 2 rings (SSSR count). The number of nitrogens with one attached hydrogen (secondary N) is 2. The second-order valence-corrected chi connectivity index (χ2v) is 8.41. The highest BCUT2D eigenvalue weighted by Gasteiger charge is 2.16. The molecule has 0 aliphatic rings. The Balaban J connectivity index is 1.75. The average Bonchev–Trinajstić information content (AvgIpc) is 2.77. The van der Waals surface area contributed by atoms with Crippen LogP contribution in [0.25, 0.3) is 0 Å². The van der Waals surface area contributed by atoms with Gasteiger partial charge in [-0.3, -0.25) is 19.4 Å². The number of benzene rings is 2. The van der Waals surface area contributed by atoms with E-state index in [1.807, 2.05) is 67.5 Å². The van der Waals surface area contributed by atoms with Crippen molar-refractivity contribution in [3.63, 3.8) is 0 Å². The lowest BCUT2D eigenvalue weighted by Gasteiger charge is -2.26. The van der Waals surface area contributed by atoms with Crippen LogP contribution in [0.1, 0.15) is 38.3 Å². The van der Waals surface area contributed by atoms with Crippen LogP contribution in [0.2, 0.25) is 0 Å². The highest BCUT2D eigenvalue weighted by Crippen LogP contribution is 2.16. The molecule has 0 unspecified atom stereocenters. The highest BCUT2D eigenvalue weighted by molar-refractivity contribution is 5.93. The van der Waals surface area contributed by atoms with Crippen LogP contribution in [-0.2, 0) is 22.4 Å². The first-order valence-electron chi connectivity index (χ1n) is 11.5. The maximum absolute atomic E-state index is 12.5. The Morgan fingerprint density at radius 1 is 0.812 bits per heavy atom. The molecule has 2 N–H and O–H groups in total. The average molecular weight is 439 g/mol. The molecule has 32 heavy (non-hydrogen) atoms. The summed E-state index contributed by atoms with van der Waals surface area (Å²) in [7, 11) is 3.91. The molecule has 0 spiro atoms. The zero-order chi connectivity index (χ0) is 23.5. The summed E-state index contributed by atoms with van der Waals surface area (Å²) in [4.78, 5) is 29.0. The third kappa shape index (κ3) is 8.09. The summed E-state index contributed by atoms with van der Waals surface area (Å²) >= 11 is 0. The quantitative estimate of drug-likeness (QED) is 0.525. The lowest BCUT2D eigenvalue weighted by Crippen LogP contribution is -2.39. The molecule has 0 fully saturated rings. The number of hydrogen-bond donors (Lipinski definition) is 2. The largest absolute Gasteiger partial charge is 0.325 e. The van der Waals surface area contributed by atoms with Gasteiger partial charge in [0.1, 0.15) is 0 Å². The molecule has 174 valence electrons. The van der Waals surface area contributed by atoms with Gasteiger partial charge in [0.25, 0.3) is 0 Å². The Morgan fingerprint density at radius 3 is 1.78 bits per heavy atom. The molecule has 0 bridgehead atoms. The number of para-hydroxylation sites is 2. The van der Waals surface area contributed by atoms with Crippen LogP contribution in [0.5, 0.6) is 0 Å². The Hall–Kier alpha value is -2.70. The third-order valence-electron chi connectivity index (χ3n) is 5.83. The van der Waals surface area contributed by atoms with Crippen LogP contribution in [0.15, 0.2) is 48.5 Å². The first-order valence-corrected chi connectivity index (χ1v) is 11.5. The third-order valence-corrected chi connectivity index (χ3v) is 5.83. The maximum Gasteiger partial charge on any atom is 0.238 e. The second-order valence-electron chi connectivity index (χ2n) is 8.41. The summed E-state index contributed by atoms with van der Waals surface area (Å²) in [5.41, 5.74) is 4.05. The van der Waals surface area contributed by atoms with Gasteiger partial charge in [-0.1, -0.05) is 50.2 Å². The Kier molecular flexibility index (Phi) is 10.4. The van der Waals surface area contributed by atoms with Gasteiger partial charge in [-0.25, -0.2) is 0 Å². The number of carbonyl (C=O) groups excluding carboxylic acids is 2. The number of amides is 2. The van der Waals surface area contributed by atoms with Crippen LogP contribution >= 0.6 is 0 Å². The monoisotopic (exact) mass is 438 g/mol. The van der Waals surface area contributed by atoms with E-state index in [4.69, 9.17) is 0 Å². The smallest absolute Gasteiger partial charge is 0.238 e. The molecule has 6 heteroatoms. The van der Waals surface area contributed by atoms with Crippen molar-refractivity contribution in [2.24, 2.45) is 0 Å². The molecular weight excluding hydrogens is 400 g/mol. The van der Waals surface area contributed by atoms with Crippen molar-refractivity contribution in [3.05, 3.63) is 59.7 Å². The molecule has 1 atom stereocenters. The van der Waals surface area contributed by atoms with Gasteiger partial charge in [0.15, 0.2) is 0 Å². The van der Waals surface area contributed by atoms with Crippen LogP contribution < -0.4 is 10.6 Å². The second kappa shape index (κ2) is 13.0. The van der Waals surface area contributed by atoms with Gasteiger partial charge in [0.05, 0.1) is 13.1 Å². The Labute approximate surface area is 193 Å². The van der Waals surface area contributed by atoms with Gasteiger partial charge in [0, 0.05) is 17.4 Å². The zero-order valence-corrected chi connectivity index (χ0v) is 20.1. The van der Waals surface area contributed by atoms with Crippen LogP contribution in [0, 0.1) is 0 Å². The lowest BCUT2D eigenvalue weighted by atomic mass is 10.1. The molecule has 0 heterocycles. The minimum atomic E-state index is -0.0115. The molecule has 0 saturated heterocycles. The normalized spacial score (nSPS) is 12.1. The van der Waals surface area contributed by atoms with E-state index < -0.39 is 0 Å². The van der Waals surface area contributed by atoms with Crippen LogP contribution in [0.3, 0.4) is 0 Å². The van der Waals surface area contributed by atoms with Crippen molar-refractivity contribution < 1.29 is 9.59 Å². The van der Waals surface area contributed by atoms with Crippen molar-refractivity contribution in [2.75, 3.05) is 44.4 Å². The molecule has 2 aromatic carbocycles. The van der Waals surface area contributed by atoms with Crippen molar-refractivity contribution >= 4 is 23.2 Å². The summed E-state index contributed by atoms with van der Waals surface area (Å²) in [6, 6.07) is 16.0. The highest BCUT2D eigenvalue weighted by atomic mass is 16.2. The molecular formula is C26H38N4O2. The fraction of sp³-hybridized carbons (Fsp3) is 0.462. The summed E-state index contributed by atoms with van der Waals surface area (Å²) in [6.07, 6.45) is 2.63. The SMILES string of the molecule is CCc1ccccc1NC(=O)CN(C)CC[C@@H](C)N(C)CC(=O)Nc1ccccc1CC. The predicted octanol–water partition coefficient (Wildman–Crippen LogP) is 4.03. The Bertz CT molecular complexity index is 884. The topological polar surface area (TPSA) is 64.7 Å². The lowest BCUT2D eigenvalue weighted by molar-refractivity contribution is -0.117. The first-order chi connectivity index (χ1) is 15.3. The van der Waals surface area contributed by atoms with E-state index in [0.29, 0.717) is 13.1 Å². The minimum Gasteiger partial charge on any atom is -0.325 e. The van der Waals surface area contributed by atoms with E-state index in [1.54, 1.807) is 0 Å². The number of likely N-dealkylation sites (N-methyl/N-ethyl adjacent to an activating group) is 2. The summed E-state index contributed by atoms with van der Waals surface area (Å²) in [6.45, 7) is 7.71. The molecule has 2 aromatic rings. The van der Waals surface area contributed by atoms with Gasteiger partial charge in [-0.15, -0.1) is 0 Å². The molecule has 0 aliphatic carbocycles. The van der Waals surface area contributed by atoms with Crippen LogP contribution in [0.4, 0.5) is 11.4 Å². The molecule has 0 aromatic heterocycles. The van der Waals surface area contributed by atoms with E-state index in [0.717, 1.165) is 48.3 Å². The number of carbonyl (C=O) groups is 2. The summed E-state index contributed by atoms with van der Waals surface area (Å²) in [5, 5.41) is 6.04. The van der Waals surface area contributed by atoms with Gasteiger partial charge in [0.2, 0.25) is 11.8 Å². The van der Waals surface area contributed by atoms with E-state index in [9.17, 15) is 9.59 Å². The van der Waals surface area contributed by atoms with Gasteiger partial charge >= 0.3 is 0 Å². The van der Waals surface area contributed by atoms with E-state index in [-0.39, 0.29) is 17.9 Å².